The molecule has 1 N–H and O–H groups in total. The summed E-state index contributed by atoms with van der Waals surface area (Å²) in [6.07, 6.45) is 2.46. The average molecular weight is 305 g/mol. The van der Waals surface area contributed by atoms with Crippen LogP contribution < -0.4 is 10.1 Å². The third-order valence-electron chi connectivity index (χ3n) is 4.81. The number of fused-ring (bicyclic) bond motifs is 4. The van der Waals surface area contributed by atoms with E-state index in [2.05, 4.69) is 15.4 Å². The SMILES string of the molecule is CCOc1c(F)ccc2c(N[C@@H]3CN4CCC3CC4)noc12. The van der Waals surface area contributed by atoms with Gasteiger partial charge in [0.25, 0.3) is 0 Å². The molecule has 0 spiro atoms. The zero-order valence-corrected chi connectivity index (χ0v) is 12.6. The highest BCUT2D eigenvalue weighted by Gasteiger charge is 2.34. The quantitative estimate of drug-likeness (QED) is 0.941. The maximum atomic E-state index is 13.9. The second-order valence-corrected chi connectivity index (χ2v) is 6.11. The van der Waals surface area contributed by atoms with Crippen molar-refractivity contribution >= 4 is 16.8 Å². The Labute approximate surface area is 128 Å². The van der Waals surface area contributed by atoms with Crippen LogP contribution in [-0.2, 0) is 0 Å². The molecule has 6 heteroatoms. The van der Waals surface area contributed by atoms with Crippen LogP contribution in [0.15, 0.2) is 16.7 Å². The van der Waals surface area contributed by atoms with E-state index in [-0.39, 0.29) is 5.75 Å². The van der Waals surface area contributed by atoms with Gasteiger partial charge in [-0.05, 0) is 50.9 Å². The first-order valence-electron chi connectivity index (χ1n) is 7.96. The predicted molar refractivity (Wildman–Crippen MR) is 81.7 cm³/mol. The molecule has 5 rings (SSSR count). The van der Waals surface area contributed by atoms with E-state index in [0.29, 0.717) is 30.0 Å². The van der Waals surface area contributed by atoms with Crippen molar-refractivity contribution in [1.82, 2.24) is 10.1 Å². The molecule has 5 nitrogen and oxygen atoms in total. The van der Waals surface area contributed by atoms with Crippen molar-refractivity contribution in [2.45, 2.75) is 25.8 Å². The summed E-state index contributed by atoms with van der Waals surface area (Å²) in [4.78, 5) is 2.48. The predicted octanol–water partition coefficient (Wildman–Crippen LogP) is 2.87. The summed E-state index contributed by atoms with van der Waals surface area (Å²) < 4.78 is 24.6. The van der Waals surface area contributed by atoms with Gasteiger partial charge in [0, 0.05) is 12.6 Å². The highest BCUT2D eigenvalue weighted by Crippen LogP contribution is 2.35. The van der Waals surface area contributed by atoms with Crippen LogP contribution in [0.2, 0.25) is 0 Å². The second-order valence-electron chi connectivity index (χ2n) is 6.11. The molecular weight excluding hydrogens is 285 g/mol. The smallest absolute Gasteiger partial charge is 0.213 e. The minimum Gasteiger partial charge on any atom is -0.487 e. The Hall–Kier alpha value is -1.82. The van der Waals surface area contributed by atoms with Gasteiger partial charge in [-0.3, -0.25) is 0 Å². The molecule has 1 atom stereocenters. The molecule has 3 aliphatic rings. The Balaban J connectivity index is 1.64. The molecular formula is C16H20FN3O2. The van der Waals surface area contributed by atoms with Gasteiger partial charge in [0.1, 0.15) is 0 Å². The highest BCUT2D eigenvalue weighted by molar-refractivity contribution is 5.92. The number of anilines is 1. The van der Waals surface area contributed by atoms with Crippen LogP contribution in [0.4, 0.5) is 10.2 Å². The molecule has 0 aliphatic carbocycles. The summed E-state index contributed by atoms with van der Waals surface area (Å²) >= 11 is 0. The molecule has 4 heterocycles. The largest absolute Gasteiger partial charge is 0.487 e. The lowest BCUT2D eigenvalue weighted by Crippen LogP contribution is -2.53. The fraction of sp³-hybridized carbons (Fsp3) is 0.562. The van der Waals surface area contributed by atoms with E-state index in [0.717, 1.165) is 11.9 Å². The Bertz CT molecular complexity index is 679. The Kier molecular flexibility index (Phi) is 3.41. The molecule has 3 fully saturated rings. The molecule has 2 aromatic rings. The molecule has 0 radical (unpaired) electrons. The van der Waals surface area contributed by atoms with Crippen molar-refractivity contribution in [3.8, 4) is 5.75 Å². The molecule has 2 bridgehead atoms. The lowest BCUT2D eigenvalue weighted by molar-refractivity contribution is 0.0973. The van der Waals surface area contributed by atoms with Gasteiger partial charge in [0.2, 0.25) is 11.3 Å². The van der Waals surface area contributed by atoms with Crippen molar-refractivity contribution < 1.29 is 13.7 Å². The highest BCUT2D eigenvalue weighted by atomic mass is 19.1. The molecule has 1 aromatic heterocycles. The number of nitrogens with one attached hydrogen (secondary N) is 1. The van der Waals surface area contributed by atoms with Crippen molar-refractivity contribution in [2.75, 3.05) is 31.6 Å². The van der Waals surface area contributed by atoms with Gasteiger partial charge in [-0.1, -0.05) is 5.16 Å². The lowest BCUT2D eigenvalue weighted by atomic mass is 9.84. The van der Waals surface area contributed by atoms with Crippen molar-refractivity contribution in [3.05, 3.63) is 17.9 Å². The van der Waals surface area contributed by atoms with Crippen molar-refractivity contribution in [1.29, 1.82) is 0 Å². The number of hydrogen-bond donors (Lipinski definition) is 1. The van der Waals surface area contributed by atoms with Gasteiger partial charge in [-0.15, -0.1) is 0 Å². The van der Waals surface area contributed by atoms with E-state index >= 15 is 0 Å². The zero-order chi connectivity index (χ0) is 15.1. The third kappa shape index (κ3) is 2.22. The first kappa shape index (κ1) is 13.8. The number of rotatable bonds is 4. The number of benzene rings is 1. The van der Waals surface area contributed by atoms with Crippen LogP contribution in [0, 0.1) is 11.7 Å². The molecule has 0 amide bonds. The molecule has 22 heavy (non-hydrogen) atoms. The summed E-state index contributed by atoms with van der Waals surface area (Å²) in [6, 6.07) is 3.50. The standard InChI is InChI=1S/C16H20FN3O2/c1-2-21-15-12(17)4-3-11-14(15)22-19-16(11)18-13-9-20-7-5-10(13)6-8-20/h3-4,10,13H,2,5-9H2,1H3,(H,18,19)/t13-/m1/s1. The number of piperidine rings is 3. The zero-order valence-electron chi connectivity index (χ0n) is 12.6. The van der Waals surface area contributed by atoms with Gasteiger partial charge in [0.15, 0.2) is 11.6 Å². The summed E-state index contributed by atoms with van der Waals surface area (Å²) in [5.74, 6) is 1.10. The minimum atomic E-state index is -0.417. The summed E-state index contributed by atoms with van der Waals surface area (Å²) in [6.45, 7) is 5.64. The Morgan fingerprint density at radius 3 is 2.91 bits per heavy atom. The minimum absolute atomic E-state index is 0.148. The fourth-order valence-corrected chi connectivity index (χ4v) is 3.64. The number of hydrogen-bond acceptors (Lipinski definition) is 5. The van der Waals surface area contributed by atoms with Crippen LogP contribution in [0.25, 0.3) is 11.0 Å². The first-order valence-corrected chi connectivity index (χ1v) is 7.96. The molecule has 3 aliphatic heterocycles. The van der Waals surface area contributed by atoms with E-state index < -0.39 is 5.82 Å². The van der Waals surface area contributed by atoms with Crippen molar-refractivity contribution in [2.24, 2.45) is 5.92 Å². The maximum Gasteiger partial charge on any atom is 0.213 e. The fourth-order valence-electron chi connectivity index (χ4n) is 3.64. The third-order valence-corrected chi connectivity index (χ3v) is 4.81. The van der Waals surface area contributed by atoms with E-state index in [9.17, 15) is 4.39 Å². The number of aromatic nitrogens is 1. The first-order chi connectivity index (χ1) is 10.8. The van der Waals surface area contributed by atoms with Gasteiger partial charge >= 0.3 is 0 Å². The van der Waals surface area contributed by atoms with Crippen LogP contribution >= 0.6 is 0 Å². The Morgan fingerprint density at radius 2 is 2.23 bits per heavy atom. The van der Waals surface area contributed by atoms with Crippen LogP contribution in [0.5, 0.6) is 5.75 Å². The van der Waals surface area contributed by atoms with Gasteiger partial charge < -0.3 is 19.5 Å². The van der Waals surface area contributed by atoms with E-state index in [1.165, 1.54) is 32.0 Å². The van der Waals surface area contributed by atoms with E-state index in [1.807, 2.05) is 6.92 Å². The van der Waals surface area contributed by atoms with E-state index in [1.54, 1.807) is 6.07 Å². The topological polar surface area (TPSA) is 50.5 Å². The summed E-state index contributed by atoms with van der Waals surface area (Å²) in [7, 11) is 0. The van der Waals surface area contributed by atoms with Crippen LogP contribution in [0.3, 0.4) is 0 Å². The summed E-state index contributed by atoms with van der Waals surface area (Å²) in [5, 5.41) is 8.38. The maximum absolute atomic E-state index is 13.9. The molecule has 0 saturated carbocycles. The lowest BCUT2D eigenvalue weighted by Gasteiger charge is -2.44. The molecule has 3 saturated heterocycles. The van der Waals surface area contributed by atoms with Crippen molar-refractivity contribution in [3.63, 3.8) is 0 Å². The molecule has 0 unspecified atom stereocenters. The monoisotopic (exact) mass is 305 g/mol. The van der Waals surface area contributed by atoms with Crippen LogP contribution in [0.1, 0.15) is 19.8 Å². The number of ether oxygens (including phenoxy) is 1. The molecule has 118 valence electrons. The average Bonchev–Trinajstić information content (AvgIpc) is 2.95. The van der Waals surface area contributed by atoms with Gasteiger partial charge in [0.05, 0.1) is 12.0 Å². The second kappa shape index (κ2) is 5.43. The number of nitrogens with zero attached hydrogens (tertiary/aromatic N) is 2. The van der Waals surface area contributed by atoms with Gasteiger partial charge in [-0.2, -0.15) is 0 Å². The summed E-state index contributed by atoms with van der Waals surface area (Å²) in [5.41, 5.74) is 0.380. The van der Waals surface area contributed by atoms with E-state index in [4.69, 9.17) is 9.26 Å². The Morgan fingerprint density at radius 1 is 1.41 bits per heavy atom. The van der Waals surface area contributed by atoms with Gasteiger partial charge in [-0.25, -0.2) is 4.39 Å². The van der Waals surface area contributed by atoms with Crippen LogP contribution in [-0.4, -0.2) is 42.3 Å². The normalized spacial score (nSPS) is 27.3. The molecule has 1 aromatic carbocycles. The number of halogens is 1.